The molecule has 1 heterocycles. The first-order valence-electron chi connectivity index (χ1n) is 5.19. The predicted octanol–water partition coefficient (Wildman–Crippen LogP) is 3.05. The summed E-state index contributed by atoms with van der Waals surface area (Å²) in [6.07, 6.45) is 0. The van der Waals surface area contributed by atoms with E-state index in [1.807, 2.05) is 36.6 Å². The number of hydrogen-bond donors (Lipinski definition) is 0. The van der Waals surface area contributed by atoms with Gasteiger partial charge in [-0.2, -0.15) is 0 Å². The summed E-state index contributed by atoms with van der Waals surface area (Å²) >= 11 is 1.42. The van der Waals surface area contributed by atoms with Gasteiger partial charge in [0.25, 0.3) is 0 Å². The fraction of sp³-hybridized carbons (Fsp3) is 0.154. The average molecular weight is 264 g/mol. The number of Topliss-reactive ketones (excluding diaryl/α,β-unsaturated/α-hetero) is 1. The lowest BCUT2D eigenvalue weighted by Gasteiger charge is -2.03. The van der Waals surface area contributed by atoms with E-state index < -0.39 is 10.8 Å². The van der Waals surface area contributed by atoms with Crippen LogP contribution in [0.15, 0.2) is 46.0 Å². The summed E-state index contributed by atoms with van der Waals surface area (Å²) < 4.78 is 12.7. The second-order valence-electron chi connectivity index (χ2n) is 3.66. The van der Waals surface area contributed by atoms with Crippen LogP contribution in [0.1, 0.15) is 15.9 Å². The Kier molecular flexibility index (Phi) is 3.86. The van der Waals surface area contributed by atoms with Crippen molar-refractivity contribution in [2.75, 3.05) is 5.75 Å². The minimum atomic E-state index is -1.22. The van der Waals surface area contributed by atoms with Crippen molar-refractivity contribution in [2.45, 2.75) is 11.1 Å². The topological polar surface area (TPSA) is 34.1 Å². The van der Waals surface area contributed by atoms with Gasteiger partial charge in [-0.15, -0.1) is 11.3 Å². The minimum Gasteiger partial charge on any atom is -0.293 e. The number of aryl methyl sites for hydroxylation is 1. The van der Waals surface area contributed by atoms with E-state index in [0.717, 1.165) is 9.77 Å². The molecule has 0 aliphatic carbocycles. The number of carbonyl (C=O) groups excluding carboxylic acids is 1. The second kappa shape index (κ2) is 5.38. The molecule has 1 unspecified atom stereocenters. The van der Waals surface area contributed by atoms with Crippen molar-refractivity contribution in [3.63, 3.8) is 0 Å². The maximum absolute atomic E-state index is 12.0. The van der Waals surface area contributed by atoms with E-state index in [-0.39, 0.29) is 11.5 Å². The molecule has 2 aromatic rings. The number of hydrogen-bond acceptors (Lipinski definition) is 3. The molecule has 0 bridgehead atoms. The molecule has 0 aliphatic rings. The molecule has 0 fully saturated rings. The van der Waals surface area contributed by atoms with Gasteiger partial charge in [0.15, 0.2) is 5.78 Å². The number of carbonyl (C=O) groups is 1. The molecule has 17 heavy (non-hydrogen) atoms. The van der Waals surface area contributed by atoms with Gasteiger partial charge in [0.1, 0.15) is 0 Å². The molecule has 88 valence electrons. The molecule has 0 radical (unpaired) electrons. The van der Waals surface area contributed by atoms with Crippen LogP contribution in [0.2, 0.25) is 0 Å². The predicted molar refractivity (Wildman–Crippen MR) is 71.1 cm³/mol. The SMILES string of the molecule is Cc1ccccc1C(=O)CS(=O)c1cccs1. The van der Waals surface area contributed by atoms with Crippen molar-refractivity contribution in [1.82, 2.24) is 0 Å². The number of rotatable bonds is 4. The number of ketones is 1. The molecule has 0 saturated heterocycles. The summed E-state index contributed by atoms with van der Waals surface area (Å²) in [4.78, 5) is 12.0. The molecular formula is C13H12O2S2. The van der Waals surface area contributed by atoms with Crippen LogP contribution in [-0.4, -0.2) is 15.7 Å². The fourth-order valence-electron chi connectivity index (χ4n) is 1.55. The van der Waals surface area contributed by atoms with E-state index >= 15 is 0 Å². The first-order valence-corrected chi connectivity index (χ1v) is 7.39. The van der Waals surface area contributed by atoms with Crippen LogP contribution in [-0.2, 0) is 10.8 Å². The zero-order valence-corrected chi connectivity index (χ0v) is 11.0. The third-order valence-electron chi connectivity index (χ3n) is 2.43. The summed E-state index contributed by atoms with van der Waals surface area (Å²) in [5.74, 6) is 0.000540. The zero-order valence-electron chi connectivity index (χ0n) is 9.38. The highest BCUT2D eigenvalue weighted by Gasteiger charge is 2.14. The Morgan fingerprint density at radius 2 is 2.00 bits per heavy atom. The molecular weight excluding hydrogens is 252 g/mol. The van der Waals surface area contributed by atoms with Crippen LogP contribution in [0.5, 0.6) is 0 Å². The molecule has 0 amide bonds. The summed E-state index contributed by atoms with van der Waals surface area (Å²) in [5.41, 5.74) is 1.60. The van der Waals surface area contributed by atoms with Gasteiger partial charge in [-0.3, -0.25) is 9.00 Å². The lowest BCUT2D eigenvalue weighted by molar-refractivity contribution is 0.102. The van der Waals surface area contributed by atoms with E-state index in [4.69, 9.17) is 0 Å². The first kappa shape index (κ1) is 12.2. The molecule has 2 rings (SSSR count). The van der Waals surface area contributed by atoms with Crippen LogP contribution in [0, 0.1) is 6.92 Å². The molecule has 0 aliphatic heterocycles. The average Bonchev–Trinajstić information content (AvgIpc) is 2.82. The quantitative estimate of drug-likeness (QED) is 0.795. The number of thiophene rings is 1. The van der Waals surface area contributed by atoms with Crippen molar-refractivity contribution in [2.24, 2.45) is 0 Å². The highest BCUT2D eigenvalue weighted by molar-refractivity contribution is 7.88. The van der Waals surface area contributed by atoms with Gasteiger partial charge in [0.05, 0.1) is 20.8 Å². The van der Waals surface area contributed by atoms with E-state index in [2.05, 4.69) is 0 Å². The van der Waals surface area contributed by atoms with Gasteiger partial charge in [-0.25, -0.2) is 0 Å². The van der Waals surface area contributed by atoms with Gasteiger partial charge in [0, 0.05) is 5.56 Å². The highest BCUT2D eigenvalue weighted by atomic mass is 32.2. The maximum Gasteiger partial charge on any atom is 0.175 e. The summed E-state index contributed by atoms with van der Waals surface area (Å²) in [6.45, 7) is 1.89. The van der Waals surface area contributed by atoms with Crippen LogP contribution < -0.4 is 0 Å². The third kappa shape index (κ3) is 2.90. The molecule has 0 saturated carbocycles. The maximum atomic E-state index is 12.0. The van der Waals surface area contributed by atoms with Crippen molar-refractivity contribution in [3.8, 4) is 0 Å². The second-order valence-corrected chi connectivity index (χ2v) is 6.29. The van der Waals surface area contributed by atoms with Gasteiger partial charge >= 0.3 is 0 Å². The van der Waals surface area contributed by atoms with Crippen LogP contribution in [0.4, 0.5) is 0 Å². The van der Waals surface area contributed by atoms with Crippen LogP contribution in [0.25, 0.3) is 0 Å². The molecule has 1 aromatic heterocycles. The van der Waals surface area contributed by atoms with Crippen molar-refractivity contribution in [1.29, 1.82) is 0 Å². The largest absolute Gasteiger partial charge is 0.293 e. The summed E-state index contributed by atoms with van der Waals surface area (Å²) in [7, 11) is -1.22. The Labute approximate surface area is 107 Å². The molecule has 4 heteroatoms. The Hall–Kier alpha value is -1.26. The van der Waals surface area contributed by atoms with Gasteiger partial charge in [-0.05, 0) is 23.9 Å². The zero-order chi connectivity index (χ0) is 12.3. The Bertz CT molecular complexity index is 544. The molecule has 2 nitrogen and oxygen atoms in total. The van der Waals surface area contributed by atoms with Crippen molar-refractivity contribution in [3.05, 3.63) is 52.9 Å². The molecule has 1 aromatic carbocycles. The first-order chi connectivity index (χ1) is 8.18. The third-order valence-corrected chi connectivity index (χ3v) is 5.04. The Morgan fingerprint density at radius 1 is 1.24 bits per heavy atom. The summed E-state index contributed by atoms with van der Waals surface area (Å²) in [5, 5.41) is 1.87. The molecule has 0 spiro atoms. The van der Waals surface area contributed by atoms with Crippen molar-refractivity contribution < 1.29 is 9.00 Å². The Morgan fingerprint density at radius 3 is 2.65 bits per heavy atom. The van der Waals surface area contributed by atoms with E-state index in [1.54, 1.807) is 12.1 Å². The normalized spacial score (nSPS) is 12.3. The van der Waals surface area contributed by atoms with E-state index in [0.29, 0.717) is 5.56 Å². The van der Waals surface area contributed by atoms with E-state index in [9.17, 15) is 9.00 Å². The Balaban J connectivity index is 2.13. The standard InChI is InChI=1S/C13H12O2S2/c1-10-5-2-3-6-11(10)12(14)9-17(15)13-7-4-8-16-13/h2-8H,9H2,1H3. The van der Waals surface area contributed by atoms with Crippen molar-refractivity contribution >= 4 is 27.9 Å². The minimum absolute atomic E-state index is 0.0603. The number of benzene rings is 1. The lowest BCUT2D eigenvalue weighted by Crippen LogP contribution is -2.11. The van der Waals surface area contributed by atoms with Gasteiger partial charge in [0.2, 0.25) is 0 Å². The molecule has 1 atom stereocenters. The summed E-state index contributed by atoms with van der Waals surface area (Å²) in [6, 6.07) is 11.0. The molecule has 0 N–H and O–H groups in total. The van der Waals surface area contributed by atoms with Gasteiger partial charge < -0.3 is 0 Å². The smallest absolute Gasteiger partial charge is 0.175 e. The van der Waals surface area contributed by atoms with Crippen LogP contribution in [0.3, 0.4) is 0 Å². The monoisotopic (exact) mass is 264 g/mol. The van der Waals surface area contributed by atoms with Crippen LogP contribution >= 0.6 is 11.3 Å². The highest BCUT2D eigenvalue weighted by Crippen LogP contribution is 2.16. The van der Waals surface area contributed by atoms with Gasteiger partial charge in [-0.1, -0.05) is 30.3 Å². The van der Waals surface area contributed by atoms with E-state index in [1.165, 1.54) is 11.3 Å². The lowest BCUT2D eigenvalue weighted by atomic mass is 10.1. The fourth-order valence-corrected chi connectivity index (χ4v) is 3.53.